The van der Waals surface area contributed by atoms with Crippen molar-refractivity contribution >= 4 is 19.8 Å². The molecule has 0 aromatic heterocycles. The smallest absolute Gasteiger partial charge is 0.462 e. The fourth-order valence-electron chi connectivity index (χ4n) is 10.1. The number of rotatable bonds is 65. The maximum absolute atomic E-state index is 12.7. The second-order valence-corrected chi connectivity index (χ2v) is 24.5. The van der Waals surface area contributed by atoms with Crippen molar-refractivity contribution in [2.75, 3.05) is 26.4 Å². The highest BCUT2D eigenvalue weighted by Crippen LogP contribution is 2.43. The van der Waals surface area contributed by atoms with Gasteiger partial charge in [-0.1, -0.05) is 331 Å². The number of phosphoric ester groups is 1. The molecule has 9 nitrogen and oxygen atoms in total. The van der Waals surface area contributed by atoms with Crippen LogP contribution in [0.2, 0.25) is 0 Å². The molecule has 10 heteroatoms. The Morgan fingerprint density at radius 2 is 0.679 bits per heavy atom. The van der Waals surface area contributed by atoms with Crippen molar-refractivity contribution in [1.29, 1.82) is 0 Å². The van der Waals surface area contributed by atoms with Gasteiger partial charge in [-0.3, -0.25) is 18.6 Å². The molecule has 0 rings (SSSR count). The summed E-state index contributed by atoms with van der Waals surface area (Å²) in [6.45, 7) is 3.62. The molecule has 0 aliphatic heterocycles. The Labute approximate surface area is 501 Å². The maximum Gasteiger partial charge on any atom is 0.472 e. The van der Waals surface area contributed by atoms with Crippen LogP contribution in [0.4, 0.5) is 0 Å². The van der Waals surface area contributed by atoms with Crippen LogP contribution in [0.15, 0.2) is 72.9 Å². The van der Waals surface area contributed by atoms with E-state index in [2.05, 4.69) is 86.8 Å². The first-order valence-electron chi connectivity index (χ1n) is 34.4. The van der Waals surface area contributed by atoms with Gasteiger partial charge in [0.25, 0.3) is 0 Å². The van der Waals surface area contributed by atoms with Gasteiger partial charge in [0.05, 0.1) is 13.2 Å². The van der Waals surface area contributed by atoms with E-state index in [9.17, 15) is 19.0 Å². The minimum atomic E-state index is -4.41. The van der Waals surface area contributed by atoms with E-state index < -0.39 is 26.5 Å². The summed E-state index contributed by atoms with van der Waals surface area (Å²) in [6.07, 6.45) is 87.4. The third kappa shape index (κ3) is 66.5. The maximum atomic E-state index is 12.7. The lowest BCUT2D eigenvalue weighted by Crippen LogP contribution is -2.29. The Bertz CT molecular complexity index is 1560. The molecular weight excluding hydrogens is 1030 g/mol. The molecule has 0 radical (unpaired) electrons. The average Bonchev–Trinajstić information content (AvgIpc) is 3.46. The zero-order valence-electron chi connectivity index (χ0n) is 53.0. The summed E-state index contributed by atoms with van der Waals surface area (Å²) >= 11 is 0. The first-order chi connectivity index (χ1) is 39.8. The zero-order chi connectivity index (χ0) is 58.7. The van der Waals surface area contributed by atoms with Gasteiger partial charge in [0, 0.05) is 19.4 Å². The lowest BCUT2D eigenvalue weighted by atomic mass is 10.0. The number of nitrogens with two attached hydrogens (primary N) is 1. The molecular formula is C71H130NO8P. The number of allylic oxidation sites excluding steroid dienone is 12. The van der Waals surface area contributed by atoms with E-state index in [-0.39, 0.29) is 38.6 Å². The van der Waals surface area contributed by atoms with E-state index >= 15 is 0 Å². The minimum absolute atomic E-state index is 0.0440. The van der Waals surface area contributed by atoms with E-state index in [1.165, 1.54) is 231 Å². The summed E-state index contributed by atoms with van der Waals surface area (Å²) in [5.74, 6) is -0.870. The third-order valence-corrected chi connectivity index (χ3v) is 16.1. The molecule has 0 aliphatic carbocycles. The molecule has 0 bridgehead atoms. The van der Waals surface area contributed by atoms with Crippen molar-refractivity contribution < 1.29 is 37.6 Å². The fourth-order valence-corrected chi connectivity index (χ4v) is 10.8. The monoisotopic (exact) mass is 1160 g/mol. The van der Waals surface area contributed by atoms with Crippen LogP contribution in [0.25, 0.3) is 0 Å². The normalized spacial score (nSPS) is 13.4. The number of carbonyl (C=O) groups is 2. The van der Waals surface area contributed by atoms with Crippen molar-refractivity contribution in [3.8, 4) is 0 Å². The van der Waals surface area contributed by atoms with Crippen molar-refractivity contribution in [3.63, 3.8) is 0 Å². The molecule has 0 aliphatic rings. The van der Waals surface area contributed by atoms with Gasteiger partial charge in [0.15, 0.2) is 6.10 Å². The lowest BCUT2D eigenvalue weighted by Gasteiger charge is -2.19. The van der Waals surface area contributed by atoms with Crippen LogP contribution in [0.1, 0.15) is 335 Å². The number of hydrogen-bond donors (Lipinski definition) is 2. The van der Waals surface area contributed by atoms with Gasteiger partial charge in [-0.15, -0.1) is 0 Å². The number of carbonyl (C=O) groups excluding carboxylic acids is 2. The van der Waals surface area contributed by atoms with Gasteiger partial charge in [-0.05, 0) is 64.2 Å². The Hall–Kier alpha value is -2.55. The van der Waals surface area contributed by atoms with Crippen LogP contribution in [0.5, 0.6) is 0 Å². The topological polar surface area (TPSA) is 134 Å². The quantitative estimate of drug-likeness (QED) is 0.0264. The molecule has 2 atom stereocenters. The van der Waals surface area contributed by atoms with E-state index in [0.29, 0.717) is 6.42 Å². The standard InChI is InChI=1S/C71H130NO8P/c1-3-5-7-9-11-13-15-17-19-21-23-25-26-27-28-29-30-31-32-33-34-35-36-37-38-39-40-41-42-44-45-47-49-51-53-55-57-59-61-63-70(73)77-67-69(68-79-81(75,76)78-66-65-72)80-71(74)64-62-60-58-56-54-52-50-48-46-43-24-22-20-18-16-14-12-10-8-6-4-2/h6,8,12,14,18,20,24,43,48,50,54,56,69H,3-5,7,9-11,13,15-17,19,21-23,25-42,44-47,49,51-53,55,57-68,72H2,1-2H3,(H,75,76)/b8-6-,14-12-,20-18-,43-24-,50-48-,56-54-. The summed E-state index contributed by atoms with van der Waals surface area (Å²) in [7, 11) is -4.41. The van der Waals surface area contributed by atoms with Crippen LogP contribution < -0.4 is 5.73 Å². The highest BCUT2D eigenvalue weighted by atomic mass is 31.2. The number of phosphoric acid groups is 1. The number of ether oxygens (including phenoxy) is 2. The highest BCUT2D eigenvalue weighted by molar-refractivity contribution is 7.47. The highest BCUT2D eigenvalue weighted by Gasteiger charge is 2.26. The molecule has 81 heavy (non-hydrogen) atoms. The molecule has 0 saturated carbocycles. The summed E-state index contributed by atoms with van der Waals surface area (Å²) in [5.41, 5.74) is 5.39. The third-order valence-electron chi connectivity index (χ3n) is 15.1. The van der Waals surface area contributed by atoms with Gasteiger partial charge >= 0.3 is 19.8 Å². The molecule has 0 saturated heterocycles. The van der Waals surface area contributed by atoms with Gasteiger partial charge in [-0.25, -0.2) is 4.57 Å². The zero-order valence-corrected chi connectivity index (χ0v) is 53.9. The van der Waals surface area contributed by atoms with E-state index in [0.717, 1.165) is 70.6 Å². The molecule has 0 fully saturated rings. The Morgan fingerprint density at radius 3 is 1.01 bits per heavy atom. The molecule has 0 aromatic carbocycles. The summed E-state index contributed by atoms with van der Waals surface area (Å²) in [4.78, 5) is 35.2. The second-order valence-electron chi connectivity index (χ2n) is 23.0. The van der Waals surface area contributed by atoms with Gasteiger partial charge in [0.2, 0.25) is 0 Å². The van der Waals surface area contributed by atoms with Crippen molar-refractivity contribution in [2.45, 2.75) is 341 Å². The van der Waals surface area contributed by atoms with Crippen LogP contribution in [-0.2, 0) is 32.7 Å². The van der Waals surface area contributed by atoms with Crippen LogP contribution in [0, 0.1) is 0 Å². The summed E-state index contributed by atoms with van der Waals surface area (Å²) in [6, 6.07) is 0. The summed E-state index contributed by atoms with van der Waals surface area (Å²) < 4.78 is 33.1. The van der Waals surface area contributed by atoms with Crippen LogP contribution >= 0.6 is 7.82 Å². The number of esters is 2. The largest absolute Gasteiger partial charge is 0.472 e. The van der Waals surface area contributed by atoms with Crippen LogP contribution in [0.3, 0.4) is 0 Å². The lowest BCUT2D eigenvalue weighted by molar-refractivity contribution is -0.161. The van der Waals surface area contributed by atoms with Crippen molar-refractivity contribution in [1.82, 2.24) is 0 Å². The SMILES string of the molecule is CC/C=C\C/C=C\C/C=C\C/C=C\C/C=C\C/C=C\CCCCC(=O)OC(COC(=O)CCCCCCCCCCCCCCCCCCCCCCCCCCCCCCCCCCCCCCCCC)COP(=O)(O)OCCN. The molecule has 0 spiro atoms. The molecule has 472 valence electrons. The predicted octanol–water partition coefficient (Wildman–Crippen LogP) is 22.4. The van der Waals surface area contributed by atoms with Gasteiger partial charge in [0.1, 0.15) is 6.61 Å². The van der Waals surface area contributed by atoms with E-state index in [1.807, 2.05) is 0 Å². The van der Waals surface area contributed by atoms with Gasteiger partial charge < -0.3 is 20.1 Å². The molecule has 0 amide bonds. The Morgan fingerprint density at radius 1 is 0.383 bits per heavy atom. The van der Waals surface area contributed by atoms with Gasteiger partial charge in [-0.2, -0.15) is 0 Å². The molecule has 3 N–H and O–H groups in total. The number of unbranched alkanes of at least 4 members (excludes halogenated alkanes) is 40. The van der Waals surface area contributed by atoms with Crippen LogP contribution in [-0.4, -0.2) is 49.3 Å². The summed E-state index contributed by atoms with van der Waals surface area (Å²) in [5, 5.41) is 0. The minimum Gasteiger partial charge on any atom is -0.462 e. The second kappa shape index (κ2) is 66.6. The molecule has 2 unspecified atom stereocenters. The first kappa shape index (κ1) is 78.5. The fraction of sp³-hybridized carbons (Fsp3) is 0.803. The van der Waals surface area contributed by atoms with Crippen molar-refractivity contribution in [3.05, 3.63) is 72.9 Å². The predicted molar refractivity (Wildman–Crippen MR) is 349 cm³/mol. The van der Waals surface area contributed by atoms with E-state index in [4.69, 9.17) is 24.3 Å². The number of hydrogen-bond acceptors (Lipinski definition) is 8. The van der Waals surface area contributed by atoms with E-state index in [1.54, 1.807) is 0 Å². The molecule has 0 heterocycles. The molecule has 0 aromatic rings. The van der Waals surface area contributed by atoms with Crippen molar-refractivity contribution in [2.24, 2.45) is 5.73 Å². The Kier molecular flexibility index (Phi) is 64.5. The Balaban J connectivity index is 3.81. The first-order valence-corrected chi connectivity index (χ1v) is 35.9. The average molecular weight is 1160 g/mol.